The molecule has 0 radical (unpaired) electrons. The van der Waals surface area contributed by atoms with Crippen molar-refractivity contribution in [2.75, 3.05) is 0 Å². The molecule has 0 aliphatic rings. The molecule has 0 saturated heterocycles. The lowest BCUT2D eigenvalue weighted by molar-refractivity contribution is 0.972. The molecular weight excluding hydrogens is 372 g/mol. The van der Waals surface area contributed by atoms with Crippen molar-refractivity contribution in [3.63, 3.8) is 0 Å². The predicted molar refractivity (Wildman–Crippen MR) is 113 cm³/mol. The quantitative estimate of drug-likeness (QED) is 0.424. The Morgan fingerprint density at radius 2 is 1.70 bits per heavy atom. The molecule has 136 valence electrons. The van der Waals surface area contributed by atoms with Gasteiger partial charge in [-0.15, -0.1) is 16.4 Å². The average molecular weight is 393 g/mol. The van der Waals surface area contributed by atoms with Crippen LogP contribution in [-0.4, -0.2) is 20.2 Å². The third-order valence-electron chi connectivity index (χ3n) is 4.30. The van der Waals surface area contributed by atoms with Crippen molar-refractivity contribution in [1.29, 1.82) is 0 Å². The lowest BCUT2D eigenvalue weighted by Crippen LogP contribution is -1.84. The molecule has 0 spiro atoms. The highest BCUT2D eigenvalue weighted by molar-refractivity contribution is 7.98. The van der Waals surface area contributed by atoms with E-state index in [1.165, 1.54) is 11.1 Å². The Morgan fingerprint density at radius 3 is 2.44 bits per heavy atom. The Balaban J connectivity index is 1.40. The second-order valence-corrected chi connectivity index (χ2v) is 8.12. The molecule has 0 amide bonds. The van der Waals surface area contributed by atoms with E-state index in [0.29, 0.717) is 0 Å². The van der Waals surface area contributed by atoms with Crippen LogP contribution >= 0.6 is 23.1 Å². The van der Waals surface area contributed by atoms with Gasteiger partial charge in [0.15, 0.2) is 5.82 Å². The highest BCUT2D eigenvalue weighted by Gasteiger charge is 2.09. The number of rotatable bonds is 6. The second-order valence-electron chi connectivity index (χ2n) is 6.32. The van der Waals surface area contributed by atoms with E-state index >= 15 is 0 Å². The van der Waals surface area contributed by atoms with Gasteiger partial charge in [0.1, 0.15) is 5.01 Å². The average Bonchev–Trinajstić information content (AvgIpc) is 3.37. The molecule has 0 unspecified atom stereocenters. The van der Waals surface area contributed by atoms with E-state index in [0.717, 1.165) is 45.0 Å². The second kappa shape index (κ2) is 8.06. The first-order valence-electron chi connectivity index (χ1n) is 8.87. The van der Waals surface area contributed by atoms with Crippen LogP contribution in [0, 0.1) is 6.92 Å². The molecule has 0 fully saturated rings. The number of nitrogens with one attached hydrogen (secondary N) is 1. The predicted octanol–water partition coefficient (Wildman–Crippen LogP) is 5.76. The summed E-state index contributed by atoms with van der Waals surface area (Å²) in [6.45, 7) is 4.25. The summed E-state index contributed by atoms with van der Waals surface area (Å²) in [4.78, 5) is 9.34. The molecule has 4 rings (SSSR count). The topological polar surface area (TPSA) is 54.5 Å². The van der Waals surface area contributed by atoms with Gasteiger partial charge < -0.3 is 0 Å². The van der Waals surface area contributed by atoms with E-state index < -0.39 is 0 Å². The van der Waals surface area contributed by atoms with Crippen molar-refractivity contribution in [2.45, 2.75) is 31.2 Å². The monoisotopic (exact) mass is 392 g/mol. The number of aromatic nitrogens is 4. The Labute approximate surface area is 167 Å². The summed E-state index contributed by atoms with van der Waals surface area (Å²) in [5.74, 6) is 1.56. The molecule has 4 aromatic rings. The van der Waals surface area contributed by atoms with Crippen LogP contribution in [0.25, 0.3) is 22.0 Å². The number of nitrogens with zero attached hydrogens (tertiary/aromatic N) is 3. The molecule has 1 N–H and O–H groups in total. The fourth-order valence-electron chi connectivity index (χ4n) is 2.68. The van der Waals surface area contributed by atoms with Gasteiger partial charge in [-0.2, -0.15) is 0 Å². The highest BCUT2D eigenvalue weighted by Crippen LogP contribution is 2.27. The zero-order valence-corrected chi connectivity index (χ0v) is 16.9. The van der Waals surface area contributed by atoms with Crippen molar-refractivity contribution < 1.29 is 0 Å². The van der Waals surface area contributed by atoms with E-state index in [9.17, 15) is 0 Å². The molecular formula is C21H20N4S2. The number of thioether (sulfide) groups is 1. The van der Waals surface area contributed by atoms with Crippen LogP contribution in [-0.2, 0) is 12.2 Å². The minimum absolute atomic E-state index is 0.745. The molecule has 0 aliphatic carbocycles. The summed E-state index contributed by atoms with van der Waals surface area (Å²) in [6, 6.07) is 16.9. The molecule has 0 saturated carbocycles. The van der Waals surface area contributed by atoms with E-state index in [4.69, 9.17) is 4.98 Å². The van der Waals surface area contributed by atoms with Crippen molar-refractivity contribution in [1.82, 2.24) is 20.2 Å². The van der Waals surface area contributed by atoms with Gasteiger partial charge in [0.25, 0.3) is 0 Å². The number of H-pyrrole nitrogens is 1. The Hall–Kier alpha value is -2.44. The fraction of sp³-hybridized carbons (Fsp3) is 0.190. The van der Waals surface area contributed by atoms with E-state index in [2.05, 4.69) is 82.9 Å². The lowest BCUT2D eigenvalue weighted by atomic mass is 10.1. The van der Waals surface area contributed by atoms with E-state index in [-0.39, 0.29) is 0 Å². The minimum atomic E-state index is 0.745. The van der Waals surface area contributed by atoms with E-state index in [1.54, 1.807) is 23.1 Å². The molecule has 2 aromatic heterocycles. The zero-order valence-electron chi connectivity index (χ0n) is 15.3. The van der Waals surface area contributed by atoms with Crippen LogP contribution in [0.4, 0.5) is 0 Å². The zero-order chi connectivity index (χ0) is 18.6. The van der Waals surface area contributed by atoms with Crippen molar-refractivity contribution >= 4 is 23.1 Å². The van der Waals surface area contributed by atoms with Gasteiger partial charge >= 0.3 is 0 Å². The molecule has 2 aromatic carbocycles. The molecule has 6 heteroatoms. The molecule has 27 heavy (non-hydrogen) atoms. The summed E-state index contributed by atoms with van der Waals surface area (Å²) < 4.78 is 0. The smallest absolute Gasteiger partial charge is 0.209 e. The van der Waals surface area contributed by atoms with Crippen molar-refractivity contribution in [3.8, 4) is 22.0 Å². The number of aryl methyl sites for hydroxylation is 2. The van der Waals surface area contributed by atoms with Crippen molar-refractivity contribution in [3.05, 3.63) is 70.7 Å². The van der Waals surface area contributed by atoms with Crippen LogP contribution in [0.3, 0.4) is 0 Å². The number of thiazole rings is 1. The summed E-state index contributed by atoms with van der Waals surface area (Å²) in [5.41, 5.74) is 5.86. The highest BCUT2D eigenvalue weighted by atomic mass is 32.2. The van der Waals surface area contributed by atoms with Crippen LogP contribution < -0.4 is 0 Å². The normalized spacial score (nSPS) is 11.0. The van der Waals surface area contributed by atoms with Gasteiger partial charge in [-0.3, -0.25) is 5.10 Å². The first-order valence-corrected chi connectivity index (χ1v) is 10.7. The fourth-order valence-corrected chi connectivity index (χ4v) is 4.30. The number of hydrogen-bond donors (Lipinski definition) is 1. The van der Waals surface area contributed by atoms with Gasteiger partial charge in [0.2, 0.25) is 5.16 Å². The van der Waals surface area contributed by atoms with Gasteiger partial charge in [-0.05, 0) is 18.9 Å². The largest absolute Gasteiger partial charge is 0.258 e. The maximum Gasteiger partial charge on any atom is 0.209 e. The summed E-state index contributed by atoms with van der Waals surface area (Å²) >= 11 is 3.27. The van der Waals surface area contributed by atoms with Crippen molar-refractivity contribution in [2.24, 2.45) is 0 Å². The summed E-state index contributed by atoms with van der Waals surface area (Å²) in [5, 5.41) is 11.3. The van der Waals surface area contributed by atoms with Gasteiger partial charge in [0.05, 0.1) is 5.69 Å². The number of hydrogen-bond acceptors (Lipinski definition) is 5. The van der Waals surface area contributed by atoms with Crippen LogP contribution in [0.2, 0.25) is 0 Å². The number of benzene rings is 2. The molecule has 0 aliphatic heterocycles. The Kier molecular flexibility index (Phi) is 5.36. The van der Waals surface area contributed by atoms with E-state index in [1.807, 2.05) is 0 Å². The maximum atomic E-state index is 4.74. The minimum Gasteiger partial charge on any atom is -0.258 e. The van der Waals surface area contributed by atoms with Crippen LogP contribution in [0.15, 0.2) is 59.1 Å². The Morgan fingerprint density at radius 1 is 0.963 bits per heavy atom. The van der Waals surface area contributed by atoms with Crippen LogP contribution in [0.1, 0.15) is 23.7 Å². The van der Waals surface area contributed by atoms with Gasteiger partial charge in [0, 0.05) is 22.3 Å². The molecule has 0 bridgehead atoms. The molecule has 0 atom stereocenters. The van der Waals surface area contributed by atoms with Crippen LogP contribution in [0.5, 0.6) is 0 Å². The standard InChI is InChI=1S/C21H20N4S2/c1-3-15-6-10-16(11-7-15)19-23-21(25-24-19)27-13-18-12-26-20(22-18)17-8-4-14(2)5-9-17/h4-12H,3,13H2,1-2H3,(H,23,24,25). The third kappa shape index (κ3) is 4.28. The third-order valence-corrected chi connectivity index (χ3v) is 6.12. The first-order chi connectivity index (χ1) is 13.2. The SMILES string of the molecule is CCc1ccc(-c2nc(SCc3csc(-c4ccc(C)cc4)n3)n[nH]2)cc1. The Bertz CT molecular complexity index is 1020. The maximum absolute atomic E-state index is 4.74. The number of aromatic amines is 1. The lowest BCUT2D eigenvalue weighted by Gasteiger charge is -1.98. The summed E-state index contributed by atoms with van der Waals surface area (Å²) in [6.07, 6.45) is 1.04. The van der Waals surface area contributed by atoms with Gasteiger partial charge in [-0.1, -0.05) is 72.8 Å². The first kappa shape index (κ1) is 17.9. The molecule has 4 nitrogen and oxygen atoms in total. The summed E-state index contributed by atoms with van der Waals surface area (Å²) in [7, 11) is 0. The molecule has 2 heterocycles. The van der Waals surface area contributed by atoms with Gasteiger partial charge in [-0.25, -0.2) is 9.97 Å².